The third kappa shape index (κ3) is 5.49. The molecule has 0 aliphatic rings. The quantitative estimate of drug-likeness (QED) is 0.758. The van der Waals surface area contributed by atoms with Crippen LogP contribution < -0.4 is 5.19 Å². The molecule has 4 nitrogen and oxygen atoms in total. The third-order valence-electron chi connectivity index (χ3n) is 3.02. The number of benzene rings is 2. The molecule has 2 aromatic carbocycles. The van der Waals surface area contributed by atoms with Crippen LogP contribution in [0.25, 0.3) is 0 Å². The van der Waals surface area contributed by atoms with E-state index in [9.17, 15) is 0 Å². The van der Waals surface area contributed by atoms with Crippen molar-refractivity contribution in [3.63, 3.8) is 0 Å². The van der Waals surface area contributed by atoms with Crippen molar-refractivity contribution in [2.45, 2.75) is 6.61 Å². The summed E-state index contributed by atoms with van der Waals surface area (Å²) in [5.74, 6) is 0. The van der Waals surface area contributed by atoms with E-state index in [1.165, 1.54) is 5.56 Å². The van der Waals surface area contributed by atoms with Gasteiger partial charge in [0.25, 0.3) is 0 Å². The second-order valence-corrected chi connectivity index (χ2v) is 7.51. The first-order valence-electron chi connectivity index (χ1n) is 6.75. The van der Waals surface area contributed by atoms with Crippen molar-refractivity contribution in [2.75, 3.05) is 21.3 Å². The van der Waals surface area contributed by atoms with Crippen molar-refractivity contribution >= 4 is 24.5 Å². The second kappa shape index (κ2) is 10.4. The van der Waals surface area contributed by atoms with Gasteiger partial charge in [-0.25, -0.2) is 0 Å². The maximum Gasteiger partial charge on any atom is 0.536 e. The highest BCUT2D eigenvalue weighted by Gasteiger charge is 2.40. The average Bonchev–Trinajstić information content (AvgIpc) is 2.60. The number of rotatable bonds is 6. The largest absolute Gasteiger partial charge is 0.536 e. The van der Waals surface area contributed by atoms with E-state index in [4.69, 9.17) is 17.7 Å². The van der Waals surface area contributed by atoms with E-state index in [1.54, 1.807) is 21.3 Å². The van der Waals surface area contributed by atoms with Gasteiger partial charge in [0, 0.05) is 26.5 Å². The fraction of sp³-hybridized carbons (Fsp3) is 0.250. The van der Waals surface area contributed by atoms with Crippen LogP contribution in [0.15, 0.2) is 60.7 Å². The lowest BCUT2D eigenvalue weighted by molar-refractivity contribution is 0.140. The molecule has 0 fully saturated rings. The summed E-state index contributed by atoms with van der Waals surface area (Å²) in [7, 11) is 5.15. The first kappa shape index (κ1) is 18.8. The Labute approximate surface area is 136 Å². The molecule has 6 heteroatoms. The zero-order valence-corrected chi connectivity index (χ0v) is 15.1. The first-order chi connectivity index (χ1) is 10.7. The van der Waals surface area contributed by atoms with E-state index in [2.05, 4.69) is 10.5 Å². The molecule has 2 rings (SSSR count). The van der Waals surface area contributed by atoms with Gasteiger partial charge in [0.2, 0.25) is 10.5 Å². The highest BCUT2D eigenvalue weighted by molar-refractivity contribution is 6.75. The van der Waals surface area contributed by atoms with Crippen molar-refractivity contribution in [1.82, 2.24) is 0 Å². The van der Waals surface area contributed by atoms with Crippen molar-refractivity contribution in [2.24, 2.45) is 0 Å². The zero-order chi connectivity index (χ0) is 16.3. The number of hydrogen-bond donors (Lipinski definition) is 0. The molecule has 0 atom stereocenters. The van der Waals surface area contributed by atoms with Crippen LogP contribution in [0.1, 0.15) is 5.56 Å². The molecule has 0 unspecified atom stereocenters. The molecule has 2 aromatic rings. The van der Waals surface area contributed by atoms with E-state index < -0.39 is 8.80 Å². The lowest BCUT2D eigenvalue weighted by Gasteiger charge is -2.24. The van der Waals surface area contributed by atoms with Gasteiger partial charge < -0.3 is 17.7 Å². The second-order valence-electron chi connectivity index (χ2n) is 4.31. The summed E-state index contributed by atoms with van der Waals surface area (Å²) in [6.45, 7) is 0.623. The van der Waals surface area contributed by atoms with Gasteiger partial charge in [-0.2, -0.15) is 0 Å². The van der Waals surface area contributed by atoms with Crippen LogP contribution >= 0.6 is 0 Å². The Morgan fingerprint density at radius 3 is 1.64 bits per heavy atom. The summed E-state index contributed by atoms with van der Waals surface area (Å²) in [5.41, 5.74) is 1.17. The molecule has 0 saturated heterocycles. The van der Waals surface area contributed by atoms with Crippen LogP contribution in [0.4, 0.5) is 0 Å². The van der Waals surface area contributed by atoms with Gasteiger partial charge in [-0.3, -0.25) is 0 Å². The van der Waals surface area contributed by atoms with E-state index in [0.717, 1.165) is 5.19 Å². The van der Waals surface area contributed by atoms with E-state index in [-0.39, 0.29) is 0 Å². The monoisotopic (exact) mass is 333 g/mol. The molecule has 0 N–H and O–H groups in total. The number of hydrogen-bond acceptors (Lipinski definition) is 4. The summed E-state index contributed by atoms with van der Waals surface area (Å²) in [5, 5.41) is 0.975. The fourth-order valence-electron chi connectivity index (χ4n) is 1.90. The summed E-state index contributed by atoms with van der Waals surface area (Å²) >= 11 is 0. The zero-order valence-electron chi connectivity index (χ0n) is 13.1. The van der Waals surface area contributed by atoms with Crippen LogP contribution in [-0.2, 0) is 24.3 Å². The van der Waals surface area contributed by atoms with E-state index >= 15 is 0 Å². The Hall–Kier alpha value is -1.29. The van der Waals surface area contributed by atoms with Gasteiger partial charge >= 0.3 is 8.80 Å². The fourth-order valence-corrected chi connectivity index (χ4v) is 3.88. The molecule has 0 aliphatic carbocycles. The van der Waals surface area contributed by atoms with Gasteiger partial charge in [0.15, 0.2) is 0 Å². The molecule has 0 saturated carbocycles. The summed E-state index contributed by atoms with van der Waals surface area (Å²) in [4.78, 5) is 0. The Balaban J connectivity index is 0.000000235. The third-order valence-corrected chi connectivity index (χ3v) is 5.81. The highest BCUT2D eigenvalue weighted by atomic mass is 28.4. The SMILES string of the molecule is CO[Si](OC)(OC)c1ccccc1.[Si]OCc1ccccc1. The maximum atomic E-state index is 5.32. The minimum atomic E-state index is -2.59. The average molecular weight is 334 g/mol. The normalized spacial score (nSPS) is 10.7. The van der Waals surface area contributed by atoms with Crippen LogP contribution in [-0.4, -0.2) is 40.6 Å². The standard InChI is InChI=1S/C9H14O3Si.C7H7OSi/c1-10-13(11-2,12-3)9-7-5-4-6-8-9;9-8-6-7-4-2-1-3-5-7/h4-8H,1-3H3;1-5H,6H2. The van der Waals surface area contributed by atoms with Crippen molar-refractivity contribution in [3.05, 3.63) is 66.2 Å². The highest BCUT2D eigenvalue weighted by Crippen LogP contribution is 2.05. The summed E-state index contributed by atoms with van der Waals surface area (Å²) in [6, 6.07) is 19.7. The van der Waals surface area contributed by atoms with Crippen LogP contribution in [0.5, 0.6) is 0 Å². The lowest BCUT2D eigenvalue weighted by Crippen LogP contribution is -2.54. The molecule has 0 aliphatic heterocycles. The summed E-state index contributed by atoms with van der Waals surface area (Å²) < 4.78 is 20.7. The van der Waals surface area contributed by atoms with Crippen LogP contribution in [0.3, 0.4) is 0 Å². The van der Waals surface area contributed by atoms with Gasteiger partial charge in [-0.05, 0) is 5.56 Å². The Bertz CT molecular complexity index is 496. The maximum absolute atomic E-state index is 5.32. The first-order valence-corrected chi connectivity index (χ1v) is 8.89. The minimum absolute atomic E-state index is 0.623. The topological polar surface area (TPSA) is 36.9 Å². The van der Waals surface area contributed by atoms with Gasteiger partial charge in [0.05, 0.1) is 6.61 Å². The Morgan fingerprint density at radius 1 is 0.773 bits per heavy atom. The summed E-state index contributed by atoms with van der Waals surface area (Å²) in [6.07, 6.45) is 0. The van der Waals surface area contributed by atoms with Crippen molar-refractivity contribution in [1.29, 1.82) is 0 Å². The van der Waals surface area contributed by atoms with E-state index in [1.807, 2.05) is 60.7 Å². The van der Waals surface area contributed by atoms with E-state index in [0.29, 0.717) is 6.61 Å². The Morgan fingerprint density at radius 2 is 1.23 bits per heavy atom. The predicted molar refractivity (Wildman–Crippen MR) is 89.8 cm³/mol. The van der Waals surface area contributed by atoms with Crippen molar-refractivity contribution < 1.29 is 17.7 Å². The minimum Gasteiger partial charge on any atom is -0.414 e. The molecular formula is C16H21O4Si2. The van der Waals surface area contributed by atoms with Crippen molar-refractivity contribution in [3.8, 4) is 0 Å². The molecule has 0 aromatic heterocycles. The lowest BCUT2D eigenvalue weighted by atomic mass is 10.2. The van der Waals surface area contributed by atoms with Gasteiger partial charge in [-0.1, -0.05) is 60.7 Å². The van der Waals surface area contributed by atoms with Crippen LogP contribution in [0, 0.1) is 0 Å². The predicted octanol–water partition coefficient (Wildman–Crippen LogP) is 2.06. The van der Waals surface area contributed by atoms with Gasteiger partial charge in [-0.15, -0.1) is 0 Å². The Kier molecular flexibility index (Phi) is 8.90. The molecule has 0 heterocycles. The molecule has 22 heavy (non-hydrogen) atoms. The molecule has 3 radical (unpaired) electrons. The molecule has 0 amide bonds. The molecule has 0 bridgehead atoms. The van der Waals surface area contributed by atoms with Crippen LogP contribution in [0.2, 0.25) is 0 Å². The molecule has 117 valence electrons. The van der Waals surface area contributed by atoms with Gasteiger partial charge in [0.1, 0.15) is 0 Å². The molecule has 0 spiro atoms. The smallest absolute Gasteiger partial charge is 0.414 e. The molecular weight excluding hydrogens is 312 g/mol.